The molecule has 0 aliphatic rings. The first-order valence-electron chi connectivity index (χ1n) is 10.5. The van der Waals surface area contributed by atoms with Gasteiger partial charge >= 0.3 is 0 Å². The summed E-state index contributed by atoms with van der Waals surface area (Å²) < 4.78 is 34.8. The van der Waals surface area contributed by atoms with E-state index in [2.05, 4.69) is 4.98 Å². The van der Waals surface area contributed by atoms with E-state index in [1.54, 1.807) is 30.3 Å². The average molecular weight is 498 g/mol. The van der Waals surface area contributed by atoms with Gasteiger partial charge in [-0.3, -0.25) is 9.36 Å². The molecule has 0 spiro atoms. The lowest BCUT2D eigenvalue weighted by Crippen LogP contribution is -2.32. The van der Waals surface area contributed by atoms with Crippen molar-refractivity contribution in [1.29, 1.82) is 0 Å². The third-order valence-electron chi connectivity index (χ3n) is 5.62. The Labute approximate surface area is 203 Å². The lowest BCUT2D eigenvalue weighted by Gasteiger charge is -2.22. The largest absolute Gasteiger partial charge is 0.495 e. The van der Waals surface area contributed by atoms with Crippen LogP contribution in [0, 0.1) is 13.8 Å². The molecule has 0 bridgehead atoms. The van der Waals surface area contributed by atoms with Crippen molar-refractivity contribution in [2.45, 2.75) is 25.3 Å². The van der Waals surface area contributed by atoms with E-state index in [1.165, 1.54) is 30.9 Å². The first-order valence-corrected chi connectivity index (χ1v) is 12.3. The van der Waals surface area contributed by atoms with Crippen LogP contribution >= 0.6 is 11.6 Å². The van der Waals surface area contributed by atoms with Crippen LogP contribution in [0.25, 0.3) is 16.6 Å². The number of benzene rings is 3. The van der Waals surface area contributed by atoms with E-state index in [4.69, 9.17) is 16.3 Å². The van der Waals surface area contributed by atoms with E-state index in [0.29, 0.717) is 22.4 Å². The number of fused-ring (bicyclic) bond motifs is 1. The molecule has 0 aliphatic carbocycles. The van der Waals surface area contributed by atoms with E-state index in [-0.39, 0.29) is 27.8 Å². The van der Waals surface area contributed by atoms with Crippen molar-refractivity contribution in [3.05, 3.63) is 93.0 Å². The van der Waals surface area contributed by atoms with E-state index < -0.39 is 10.0 Å². The lowest BCUT2D eigenvalue weighted by molar-refractivity contribution is 0.396. The summed E-state index contributed by atoms with van der Waals surface area (Å²) in [5, 5.41) is 0.719. The smallest absolute Gasteiger partial charge is 0.266 e. The highest BCUT2D eigenvalue weighted by atomic mass is 35.5. The molecule has 7 nitrogen and oxygen atoms in total. The minimum absolute atomic E-state index is 0.0637. The number of aryl methyl sites for hydroxylation is 2. The van der Waals surface area contributed by atoms with E-state index in [0.717, 1.165) is 15.4 Å². The Hall–Kier alpha value is -3.20. The fourth-order valence-corrected chi connectivity index (χ4v) is 5.43. The minimum atomic E-state index is -4.02. The Bertz CT molecular complexity index is 1560. The summed E-state index contributed by atoms with van der Waals surface area (Å²) in [6, 6.07) is 17.1. The number of aromatic nitrogens is 2. The SMILES string of the molecule is COc1ccc(Cl)cc1S(=O)(=O)N(C)Cc1nc2ccccc2c(=O)n1-c1ccc(C)cc1C. The molecule has 0 unspecified atom stereocenters. The second-order valence-corrected chi connectivity index (χ2v) is 10.5. The van der Waals surface area contributed by atoms with Crippen LogP contribution in [0.2, 0.25) is 5.02 Å². The molecule has 0 saturated heterocycles. The number of rotatable bonds is 6. The molecule has 0 amide bonds. The molecule has 4 aromatic rings. The number of methoxy groups -OCH3 is 1. The molecule has 0 fully saturated rings. The summed E-state index contributed by atoms with van der Waals surface area (Å²) in [5.41, 5.74) is 2.81. The topological polar surface area (TPSA) is 81.5 Å². The summed E-state index contributed by atoms with van der Waals surface area (Å²) in [4.78, 5) is 18.2. The molecule has 4 rings (SSSR count). The van der Waals surface area contributed by atoms with Crippen LogP contribution in [0.4, 0.5) is 0 Å². The van der Waals surface area contributed by atoms with Crippen LogP contribution in [0.15, 0.2) is 70.4 Å². The average Bonchev–Trinajstić information content (AvgIpc) is 2.80. The fourth-order valence-electron chi connectivity index (χ4n) is 3.89. The zero-order chi connectivity index (χ0) is 24.6. The van der Waals surface area contributed by atoms with Crippen molar-refractivity contribution in [2.24, 2.45) is 0 Å². The number of halogens is 1. The summed E-state index contributed by atoms with van der Waals surface area (Å²) in [6.07, 6.45) is 0. The highest BCUT2D eigenvalue weighted by Gasteiger charge is 2.27. The standard InChI is InChI=1S/C25H24ClN3O4S/c1-16-9-11-21(17(2)13-16)29-24(27-20-8-6-5-7-19(20)25(29)30)15-28(3)34(31,32)23-14-18(26)10-12-22(23)33-4/h5-14H,15H2,1-4H3. The molecule has 1 aromatic heterocycles. The Morgan fingerprint density at radius 3 is 2.50 bits per heavy atom. The second-order valence-electron chi connectivity index (χ2n) is 8.03. The summed E-state index contributed by atoms with van der Waals surface area (Å²) in [6.45, 7) is 3.73. The van der Waals surface area contributed by atoms with Crippen LogP contribution in [0.1, 0.15) is 17.0 Å². The van der Waals surface area contributed by atoms with Crippen molar-refractivity contribution in [2.75, 3.05) is 14.2 Å². The third-order valence-corrected chi connectivity index (χ3v) is 7.68. The van der Waals surface area contributed by atoms with Gasteiger partial charge in [-0.2, -0.15) is 4.31 Å². The number of sulfonamides is 1. The molecule has 0 N–H and O–H groups in total. The van der Waals surface area contributed by atoms with Crippen molar-refractivity contribution >= 4 is 32.5 Å². The van der Waals surface area contributed by atoms with Gasteiger partial charge in [0.2, 0.25) is 10.0 Å². The van der Waals surface area contributed by atoms with Gasteiger partial charge in [0.05, 0.1) is 30.2 Å². The number of ether oxygens (including phenoxy) is 1. The van der Waals surface area contributed by atoms with Crippen LogP contribution in [0.3, 0.4) is 0 Å². The van der Waals surface area contributed by atoms with Gasteiger partial charge in [-0.1, -0.05) is 41.4 Å². The lowest BCUT2D eigenvalue weighted by atomic mass is 10.1. The normalized spacial score (nSPS) is 11.8. The molecule has 0 aliphatic heterocycles. The third kappa shape index (κ3) is 4.32. The summed E-state index contributed by atoms with van der Waals surface area (Å²) in [7, 11) is -1.19. The van der Waals surface area contributed by atoms with Crippen molar-refractivity contribution in [3.8, 4) is 11.4 Å². The highest BCUT2D eigenvalue weighted by Crippen LogP contribution is 2.30. The van der Waals surface area contributed by atoms with Crippen LogP contribution in [0.5, 0.6) is 5.75 Å². The van der Waals surface area contributed by atoms with Gasteiger partial charge in [0.25, 0.3) is 5.56 Å². The zero-order valence-corrected chi connectivity index (χ0v) is 20.8. The van der Waals surface area contributed by atoms with Gasteiger partial charge in [0.15, 0.2) is 0 Å². The van der Waals surface area contributed by atoms with Gasteiger partial charge in [-0.15, -0.1) is 0 Å². The van der Waals surface area contributed by atoms with Gasteiger partial charge in [-0.25, -0.2) is 13.4 Å². The fraction of sp³-hybridized carbons (Fsp3) is 0.200. The first kappa shape index (κ1) is 23.9. The maximum atomic E-state index is 13.6. The minimum Gasteiger partial charge on any atom is -0.495 e. The van der Waals surface area contributed by atoms with Crippen LogP contribution < -0.4 is 10.3 Å². The zero-order valence-electron chi connectivity index (χ0n) is 19.2. The first-order chi connectivity index (χ1) is 16.1. The van der Waals surface area contributed by atoms with E-state index in [9.17, 15) is 13.2 Å². The molecular weight excluding hydrogens is 474 g/mol. The predicted molar refractivity (Wildman–Crippen MR) is 133 cm³/mol. The molecule has 34 heavy (non-hydrogen) atoms. The number of hydrogen-bond acceptors (Lipinski definition) is 5. The molecular formula is C25H24ClN3O4S. The Balaban J connectivity index is 1.89. The molecule has 0 radical (unpaired) electrons. The van der Waals surface area contributed by atoms with E-state index in [1.807, 2.05) is 32.0 Å². The number of para-hydroxylation sites is 1. The molecule has 9 heteroatoms. The van der Waals surface area contributed by atoms with Crippen LogP contribution in [-0.4, -0.2) is 36.4 Å². The van der Waals surface area contributed by atoms with Gasteiger partial charge in [0, 0.05) is 12.1 Å². The molecule has 3 aromatic carbocycles. The maximum absolute atomic E-state index is 13.6. The van der Waals surface area contributed by atoms with Gasteiger partial charge in [0.1, 0.15) is 16.5 Å². The van der Waals surface area contributed by atoms with Crippen molar-refractivity contribution in [3.63, 3.8) is 0 Å². The number of hydrogen-bond donors (Lipinski definition) is 0. The van der Waals surface area contributed by atoms with E-state index >= 15 is 0 Å². The molecule has 0 saturated carbocycles. The van der Waals surface area contributed by atoms with Crippen molar-refractivity contribution < 1.29 is 13.2 Å². The number of nitrogens with zero attached hydrogens (tertiary/aromatic N) is 3. The molecule has 1 heterocycles. The summed E-state index contributed by atoms with van der Waals surface area (Å²) >= 11 is 6.07. The maximum Gasteiger partial charge on any atom is 0.266 e. The summed E-state index contributed by atoms with van der Waals surface area (Å²) in [5.74, 6) is 0.470. The van der Waals surface area contributed by atoms with Crippen LogP contribution in [-0.2, 0) is 16.6 Å². The second kappa shape index (κ2) is 9.21. The highest BCUT2D eigenvalue weighted by molar-refractivity contribution is 7.89. The predicted octanol–water partition coefficient (Wildman–Crippen LogP) is 4.49. The van der Waals surface area contributed by atoms with Gasteiger partial charge < -0.3 is 4.74 Å². The van der Waals surface area contributed by atoms with Crippen molar-refractivity contribution in [1.82, 2.24) is 13.9 Å². The molecule has 0 atom stereocenters. The monoisotopic (exact) mass is 497 g/mol. The Morgan fingerprint density at radius 1 is 1.06 bits per heavy atom. The Morgan fingerprint density at radius 2 is 1.79 bits per heavy atom. The Kier molecular flexibility index (Phi) is 6.49. The van der Waals surface area contributed by atoms with Gasteiger partial charge in [-0.05, 0) is 55.8 Å². The molecule has 176 valence electrons. The quantitative estimate of drug-likeness (QED) is 0.392.